The molecule has 0 radical (unpaired) electrons. The highest BCUT2D eigenvalue weighted by molar-refractivity contribution is 6.14. The summed E-state index contributed by atoms with van der Waals surface area (Å²) in [5.74, 6) is 0. The molecular weight excluding hydrogens is 615 g/mol. The van der Waals surface area contributed by atoms with Gasteiger partial charge in [0.25, 0.3) is 0 Å². The Balaban J connectivity index is 1.02. The van der Waals surface area contributed by atoms with Crippen LogP contribution in [0.1, 0.15) is 0 Å². The van der Waals surface area contributed by atoms with E-state index >= 15 is 0 Å². The molecule has 51 heavy (non-hydrogen) atoms. The van der Waals surface area contributed by atoms with E-state index in [4.69, 9.17) is 0 Å². The zero-order valence-corrected chi connectivity index (χ0v) is 28.0. The lowest BCUT2D eigenvalue weighted by Crippen LogP contribution is -2.09. The zero-order valence-electron chi connectivity index (χ0n) is 28.0. The smallest absolute Gasteiger partial charge is 0.0468 e. The molecule has 0 aliphatic rings. The van der Waals surface area contributed by atoms with Gasteiger partial charge in [0.1, 0.15) is 0 Å². The lowest BCUT2D eigenvalue weighted by Gasteiger charge is -2.26. The fraction of sp³-hybridized carbons (Fsp3) is 0. The molecule has 0 N–H and O–H groups in total. The van der Waals surface area contributed by atoms with Gasteiger partial charge >= 0.3 is 0 Å². The number of benzene rings is 10. The van der Waals surface area contributed by atoms with Gasteiger partial charge in [-0.05, 0) is 131 Å². The van der Waals surface area contributed by atoms with Gasteiger partial charge in [0, 0.05) is 17.1 Å². The van der Waals surface area contributed by atoms with Gasteiger partial charge in [-0.1, -0.05) is 146 Å². The van der Waals surface area contributed by atoms with Gasteiger partial charge in [0.15, 0.2) is 0 Å². The fourth-order valence-corrected chi connectivity index (χ4v) is 7.77. The second-order valence-electron chi connectivity index (χ2n) is 13.4. The molecule has 10 rings (SSSR count). The van der Waals surface area contributed by atoms with Gasteiger partial charge in [-0.15, -0.1) is 0 Å². The van der Waals surface area contributed by atoms with Crippen molar-refractivity contribution >= 4 is 70.9 Å². The first kappa shape index (κ1) is 29.2. The van der Waals surface area contributed by atoms with E-state index in [0.29, 0.717) is 0 Å². The minimum atomic E-state index is 1.12. The maximum Gasteiger partial charge on any atom is 0.0468 e. The highest BCUT2D eigenvalue weighted by Gasteiger charge is 2.15. The van der Waals surface area contributed by atoms with E-state index < -0.39 is 0 Å². The van der Waals surface area contributed by atoms with Gasteiger partial charge in [0.05, 0.1) is 0 Å². The molecule has 0 heterocycles. The zero-order chi connectivity index (χ0) is 33.7. The normalized spacial score (nSPS) is 11.5. The Labute approximate surface area is 297 Å². The molecule has 0 aliphatic heterocycles. The van der Waals surface area contributed by atoms with Crippen LogP contribution in [0.5, 0.6) is 0 Å². The summed E-state index contributed by atoms with van der Waals surface area (Å²) in [6.45, 7) is 0. The van der Waals surface area contributed by atoms with Crippen LogP contribution in [-0.2, 0) is 0 Å². The first-order valence-corrected chi connectivity index (χ1v) is 17.6. The van der Waals surface area contributed by atoms with Gasteiger partial charge in [-0.25, -0.2) is 0 Å². The Hall–Kier alpha value is -6.70. The van der Waals surface area contributed by atoms with Crippen molar-refractivity contribution in [3.63, 3.8) is 0 Å². The molecule has 0 fully saturated rings. The Kier molecular flexibility index (Phi) is 6.89. The van der Waals surface area contributed by atoms with Crippen LogP contribution in [0.25, 0.3) is 76.1 Å². The fourth-order valence-electron chi connectivity index (χ4n) is 7.77. The maximum atomic E-state index is 2.36. The van der Waals surface area contributed by atoms with Crippen molar-refractivity contribution in [1.29, 1.82) is 0 Å². The number of nitrogens with zero attached hydrogens (tertiary/aromatic N) is 1. The van der Waals surface area contributed by atoms with Gasteiger partial charge in [-0.3, -0.25) is 0 Å². The molecule has 238 valence electrons. The topological polar surface area (TPSA) is 3.24 Å². The third kappa shape index (κ3) is 5.19. The molecule has 0 aromatic heterocycles. The van der Waals surface area contributed by atoms with Crippen LogP contribution in [0.4, 0.5) is 17.1 Å². The van der Waals surface area contributed by atoms with Gasteiger partial charge in [-0.2, -0.15) is 0 Å². The van der Waals surface area contributed by atoms with Crippen LogP contribution >= 0.6 is 0 Å². The van der Waals surface area contributed by atoms with Crippen LogP contribution in [0.2, 0.25) is 0 Å². The van der Waals surface area contributed by atoms with Gasteiger partial charge < -0.3 is 4.90 Å². The number of hydrogen-bond acceptors (Lipinski definition) is 1. The minimum Gasteiger partial charge on any atom is -0.310 e. The predicted octanol–water partition coefficient (Wildman–Crippen LogP) is 14.3. The average Bonchev–Trinajstić information content (AvgIpc) is 3.20. The quantitative estimate of drug-likeness (QED) is 0.168. The standard InChI is InChI=1S/C50H33N/c1-3-11-37-31-45(27-23-34(37)9-1)51(46-28-24-35-10-2-4-12-38(35)32-46)44-25-21-36(22-26-44)39-17-18-41-30-43(20-19-40(41)29-39)50-33-42-13-5-6-14-47(42)48-15-7-8-16-49(48)50/h1-33H. The number of hydrogen-bond donors (Lipinski definition) is 0. The number of fused-ring (bicyclic) bond motifs is 6. The third-order valence-corrected chi connectivity index (χ3v) is 10.4. The van der Waals surface area contributed by atoms with Crippen LogP contribution in [-0.4, -0.2) is 0 Å². The van der Waals surface area contributed by atoms with Crippen LogP contribution in [0, 0.1) is 0 Å². The van der Waals surface area contributed by atoms with Gasteiger partial charge in [0.2, 0.25) is 0 Å². The second-order valence-corrected chi connectivity index (χ2v) is 13.4. The van der Waals surface area contributed by atoms with Crippen LogP contribution in [0.3, 0.4) is 0 Å². The van der Waals surface area contributed by atoms with Crippen molar-refractivity contribution in [3.8, 4) is 22.3 Å². The molecule has 0 saturated heterocycles. The summed E-state index contributed by atoms with van der Waals surface area (Å²) < 4.78 is 0. The summed E-state index contributed by atoms with van der Waals surface area (Å²) in [6, 6.07) is 73.1. The average molecular weight is 648 g/mol. The van der Waals surface area contributed by atoms with Crippen molar-refractivity contribution in [3.05, 3.63) is 200 Å². The van der Waals surface area contributed by atoms with Crippen LogP contribution < -0.4 is 4.90 Å². The second kappa shape index (κ2) is 12.0. The summed E-state index contributed by atoms with van der Waals surface area (Å²) in [5.41, 5.74) is 8.31. The largest absolute Gasteiger partial charge is 0.310 e. The molecule has 0 unspecified atom stereocenters. The summed E-state index contributed by atoms with van der Waals surface area (Å²) in [5, 5.41) is 12.6. The molecule has 0 spiro atoms. The molecular formula is C50H33N. The lowest BCUT2D eigenvalue weighted by molar-refractivity contribution is 1.29. The molecule has 0 saturated carbocycles. The van der Waals surface area contributed by atoms with E-state index in [9.17, 15) is 0 Å². The van der Waals surface area contributed by atoms with Crippen molar-refractivity contribution < 1.29 is 0 Å². The summed E-state index contributed by atoms with van der Waals surface area (Å²) in [4.78, 5) is 2.36. The third-order valence-electron chi connectivity index (χ3n) is 10.4. The Morgan fingerprint density at radius 3 is 1.31 bits per heavy atom. The molecule has 0 amide bonds. The SMILES string of the molecule is c1ccc2cc(N(c3ccc(-c4ccc5cc(-c6cc7ccccc7c7ccccc67)ccc5c4)cc3)c3ccc4ccccc4c3)ccc2c1. The van der Waals surface area contributed by atoms with E-state index in [1.165, 1.54) is 76.1 Å². The molecule has 0 atom stereocenters. The monoisotopic (exact) mass is 647 g/mol. The highest BCUT2D eigenvalue weighted by atomic mass is 15.1. The minimum absolute atomic E-state index is 1.12. The van der Waals surface area contributed by atoms with Crippen LogP contribution in [0.15, 0.2) is 200 Å². The summed E-state index contributed by atoms with van der Waals surface area (Å²) in [6.07, 6.45) is 0. The Morgan fingerprint density at radius 2 is 0.667 bits per heavy atom. The predicted molar refractivity (Wildman–Crippen MR) is 220 cm³/mol. The molecule has 0 bridgehead atoms. The number of anilines is 3. The van der Waals surface area contributed by atoms with Crippen molar-refractivity contribution in [2.24, 2.45) is 0 Å². The van der Waals surface area contributed by atoms with E-state index in [1.807, 2.05) is 0 Å². The molecule has 10 aromatic carbocycles. The summed E-state index contributed by atoms with van der Waals surface area (Å²) in [7, 11) is 0. The van der Waals surface area contributed by atoms with Crippen molar-refractivity contribution in [2.75, 3.05) is 4.90 Å². The molecule has 1 heteroatoms. The highest BCUT2D eigenvalue weighted by Crippen LogP contribution is 2.40. The first-order chi connectivity index (χ1) is 25.2. The molecule has 0 aliphatic carbocycles. The maximum absolute atomic E-state index is 2.36. The first-order valence-electron chi connectivity index (χ1n) is 17.6. The van der Waals surface area contributed by atoms with E-state index in [1.54, 1.807) is 0 Å². The number of rotatable bonds is 5. The Bertz CT molecular complexity index is 2840. The van der Waals surface area contributed by atoms with E-state index in [2.05, 4.69) is 205 Å². The molecule has 10 aromatic rings. The van der Waals surface area contributed by atoms with Crippen molar-refractivity contribution in [2.45, 2.75) is 0 Å². The Morgan fingerprint density at radius 1 is 0.235 bits per heavy atom. The summed E-state index contributed by atoms with van der Waals surface area (Å²) >= 11 is 0. The van der Waals surface area contributed by atoms with E-state index in [-0.39, 0.29) is 0 Å². The molecule has 1 nitrogen and oxygen atoms in total. The lowest BCUT2D eigenvalue weighted by atomic mass is 9.92. The van der Waals surface area contributed by atoms with Crippen molar-refractivity contribution in [1.82, 2.24) is 0 Å². The van der Waals surface area contributed by atoms with E-state index in [0.717, 1.165) is 17.1 Å².